The highest BCUT2D eigenvalue weighted by Crippen LogP contribution is 2.30. The van der Waals surface area contributed by atoms with E-state index in [4.69, 9.17) is 28.8 Å². The molecular weight excluding hydrogens is 604 g/mol. The molecule has 5 unspecified atom stereocenters. The Morgan fingerprint density at radius 3 is 1.63 bits per heavy atom. The molecule has 13 nitrogen and oxygen atoms in total. The number of carbonyl (C=O) groups is 2. The minimum Gasteiger partial charge on any atom is -0.463 e. The zero-order valence-corrected chi connectivity index (χ0v) is 27.7. The van der Waals surface area contributed by atoms with Crippen molar-refractivity contribution in [2.24, 2.45) is 0 Å². The number of unbranched alkanes of at least 4 members (excludes halogenated alkanes) is 14. The van der Waals surface area contributed by atoms with Gasteiger partial charge < -0.3 is 54.3 Å². The van der Waals surface area contributed by atoms with Gasteiger partial charge in [0.1, 0.15) is 49.3 Å². The van der Waals surface area contributed by atoms with Crippen LogP contribution in [0, 0.1) is 0 Å². The van der Waals surface area contributed by atoms with Crippen LogP contribution in [0.25, 0.3) is 0 Å². The molecule has 2 fully saturated rings. The monoisotopic (exact) mass is 664 g/mol. The van der Waals surface area contributed by atoms with Gasteiger partial charge in [0.25, 0.3) is 0 Å². The van der Waals surface area contributed by atoms with Crippen LogP contribution in [0.15, 0.2) is 0 Å². The van der Waals surface area contributed by atoms with Gasteiger partial charge in [0.2, 0.25) is 0 Å². The molecule has 13 heteroatoms. The summed E-state index contributed by atoms with van der Waals surface area (Å²) in [6.07, 6.45) is 3.51. The summed E-state index contributed by atoms with van der Waals surface area (Å²) in [5.74, 6) is -1.21. The van der Waals surface area contributed by atoms with Gasteiger partial charge in [0.05, 0.1) is 12.7 Å². The third-order valence-corrected chi connectivity index (χ3v) is 8.79. The zero-order valence-electron chi connectivity index (χ0n) is 27.7. The van der Waals surface area contributed by atoms with E-state index >= 15 is 0 Å². The highest BCUT2D eigenvalue weighted by molar-refractivity contribution is 5.69. The van der Waals surface area contributed by atoms with Crippen LogP contribution in [-0.4, -0.2) is 124 Å². The number of rotatable bonds is 23. The standard InChI is InChI=1S/C33H60O13/c1-22-31(28(39)27(38)24(20-35)43-22)46-33-30(41)29(40)32(25(44-33)21-42-23(2)36)45-26(37)18-16-14-12-10-8-6-4-3-5-7-9-11-13-15-17-19-34/h22,24-25,27-35,38-41H,3-21H2,1-2H3/t22?,24?,25?,27-,28?,29?,30+,31-,32-,33+/m1/s1. The zero-order chi connectivity index (χ0) is 33.9. The van der Waals surface area contributed by atoms with E-state index in [0.29, 0.717) is 13.0 Å². The summed E-state index contributed by atoms with van der Waals surface area (Å²) < 4.78 is 27.5. The fraction of sp³-hybridized carbons (Fsp3) is 0.939. The number of aliphatic hydroxyl groups excluding tert-OH is 6. The second-order valence-corrected chi connectivity index (χ2v) is 12.7. The van der Waals surface area contributed by atoms with Gasteiger partial charge in [-0.3, -0.25) is 9.59 Å². The van der Waals surface area contributed by atoms with E-state index in [1.54, 1.807) is 6.92 Å². The van der Waals surface area contributed by atoms with Crippen molar-refractivity contribution in [3.05, 3.63) is 0 Å². The Morgan fingerprint density at radius 1 is 0.630 bits per heavy atom. The quantitative estimate of drug-likeness (QED) is 0.0685. The maximum atomic E-state index is 12.7. The lowest BCUT2D eigenvalue weighted by Gasteiger charge is -2.46. The van der Waals surface area contributed by atoms with Crippen molar-refractivity contribution in [1.82, 2.24) is 0 Å². The first kappa shape index (κ1) is 40.8. The number of hydrogen-bond donors (Lipinski definition) is 6. The average molecular weight is 665 g/mol. The van der Waals surface area contributed by atoms with Crippen molar-refractivity contribution in [3.8, 4) is 0 Å². The smallest absolute Gasteiger partial charge is 0.306 e. The number of esters is 2. The van der Waals surface area contributed by atoms with Crippen LogP contribution in [0.1, 0.15) is 117 Å². The van der Waals surface area contributed by atoms with E-state index in [2.05, 4.69) is 0 Å². The van der Waals surface area contributed by atoms with Crippen LogP contribution in [-0.2, 0) is 33.3 Å². The molecule has 0 bridgehead atoms. The molecule has 10 atom stereocenters. The number of ether oxygens (including phenoxy) is 5. The molecule has 270 valence electrons. The first-order valence-electron chi connectivity index (χ1n) is 17.3. The summed E-state index contributed by atoms with van der Waals surface area (Å²) in [5, 5.41) is 60.6. The molecule has 0 aliphatic carbocycles. The predicted octanol–water partition coefficient (Wildman–Crippen LogP) is 2.03. The molecule has 0 aromatic carbocycles. The normalized spacial score (nSPS) is 31.5. The first-order valence-corrected chi connectivity index (χ1v) is 17.3. The maximum absolute atomic E-state index is 12.7. The second-order valence-electron chi connectivity index (χ2n) is 12.7. The summed E-state index contributed by atoms with van der Waals surface area (Å²) in [7, 11) is 0. The molecule has 0 aromatic heterocycles. The molecule has 2 rings (SSSR count). The average Bonchev–Trinajstić information content (AvgIpc) is 3.03. The largest absolute Gasteiger partial charge is 0.463 e. The molecule has 0 spiro atoms. The molecule has 0 amide bonds. The topological polar surface area (TPSA) is 202 Å². The van der Waals surface area contributed by atoms with Gasteiger partial charge in [0, 0.05) is 20.0 Å². The Morgan fingerprint density at radius 2 is 1.13 bits per heavy atom. The SMILES string of the molecule is CC(=O)OCC1O[C@@H](O[C@@H]2C(C)OC(CO)[C@@H](O)C2O)[C@@H](O)C(O)[C@@H]1OC(=O)CCCCCCCCCCCCCCCCCO. The first-order chi connectivity index (χ1) is 22.1. The summed E-state index contributed by atoms with van der Waals surface area (Å²) in [5.41, 5.74) is 0. The molecule has 0 aromatic rings. The van der Waals surface area contributed by atoms with Crippen molar-refractivity contribution < 1.29 is 63.9 Å². The van der Waals surface area contributed by atoms with Crippen molar-refractivity contribution in [2.45, 2.75) is 178 Å². The molecule has 2 aliphatic heterocycles. The number of hydrogen-bond acceptors (Lipinski definition) is 13. The highest BCUT2D eigenvalue weighted by atomic mass is 16.7. The Bertz CT molecular complexity index is 829. The Balaban J connectivity index is 1.70. The number of aliphatic hydroxyl groups is 6. The van der Waals surface area contributed by atoms with Crippen LogP contribution < -0.4 is 0 Å². The maximum Gasteiger partial charge on any atom is 0.306 e. The van der Waals surface area contributed by atoms with Gasteiger partial charge >= 0.3 is 11.9 Å². The fourth-order valence-corrected chi connectivity index (χ4v) is 6.01. The van der Waals surface area contributed by atoms with E-state index in [9.17, 15) is 35.1 Å². The summed E-state index contributed by atoms with van der Waals surface area (Å²) in [4.78, 5) is 24.1. The lowest BCUT2D eigenvalue weighted by Crippen LogP contribution is -2.64. The molecule has 6 N–H and O–H groups in total. The summed E-state index contributed by atoms with van der Waals surface area (Å²) in [6.45, 7) is 2.11. The van der Waals surface area contributed by atoms with Gasteiger partial charge in [-0.05, 0) is 19.8 Å². The highest BCUT2D eigenvalue weighted by Gasteiger charge is 2.51. The van der Waals surface area contributed by atoms with Crippen LogP contribution in [0.4, 0.5) is 0 Å². The van der Waals surface area contributed by atoms with Crippen molar-refractivity contribution in [2.75, 3.05) is 19.8 Å². The molecule has 2 aliphatic rings. The predicted molar refractivity (Wildman–Crippen MR) is 166 cm³/mol. The van der Waals surface area contributed by atoms with E-state index < -0.39 is 86.4 Å². The van der Waals surface area contributed by atoms with Crippen LogP contribution in [0.5, 0.6) is 0 Å². The molecule has 0 saturated carbocycles. The lowest BCUT2D eigenvalue weighted by molar-refractivity contribution is -0.341. The Hall–Kier alpha value is -1.42. The van der Waals surface area contributed by atoms with E-state index in [-0.39, 0.29) is 6.42 Å². The molecule has 0 radical (unpaired) electrons. The molecule has 2 heterocycles. The lowest BCUT2D eigenvalue weighted by atomic mass is 9.95. The minimum absolute atomic E-state index is 0.118. The van der Waals surface area contributed by atoms with Crippen molar-refractivity contribution in [3.63, 3.8) is 0 Å². The van der Waals surface area contributed by atoms with Crippen molar-refractivity contribution >= 4 is 11.9 Å². The van der Waals surface area contributed by atoms with E-state index in [0.717, 1.165) is 32.1 Å². The van der Waals surface area contributed by atoms with Gasteiger partial charge in [0.15, 0.2) is 12.4 Å². The fourth-order valence-electron chi connectivity index (χ4n) is 6.01. The Labute approximate surface area is 273 Å². The summed E-state index contributed by atoms with van der Waals surface area (Å²) in [6, 6.07) is 0. The van der Waals surface area contributed by atoms with Gasteiger partial charge in [-0.2, -0.15) is 0 Å². The minimum atomic E-state index is -1.71. The second kappa shape index (κ2) is 23.0. The summed E-state index contributed by atoms with van der Waals surface area (Å²) >= 11 is 0. The van der Waals surface area contributed by atoms with Crippen molar-refractivity contribution in [1.29, 1.82) is 0 Å². The van der Waals surface area contributed by atoms with Gasteiger partial charge in [-0.25, -0.2) is 0 Å². The van der Waals surface area contributed by atoms with Crippen LogP contribution in [0.3, 0.4) is 0 Å². The van der Waals surface area contributed by atoms with E-state index in [1.807, 2.05) is 0 Å². The number of carbonyl (C=O) groups excluding carboxylic acids is 2. The van der Waals surface area contributed by atoms with Gasteiger partial charge in [-0.15, -0.1) is 0 Å². The Kier molecular flexibility index (Phi) is 20.4. The third kappa shape index (κ3) is 14.4. The molecular formula is C33H60O13. The van der Waals surface area contributed by atoms with Gasteiger partial charge in [-0.1, -0.05) is 83.5 Å². The third-order valence-electron chi connectivity index (χ3n) is 8.79. The van der Waals surface area contributed by atoms with E-state index in [1.165, 1.54) is 64.7 Å². The van der Waals surface area contributed by atoms with Crippen LogP contribution in [0.2, 0.25) is 0 Å². The molecule has 2 saturated heterocycles. The molecule has 46 heavy (non-hydrogen) atoms. The van der Waals surface area contributed by atoms with Crippen LogP contribution >= 0.6 is 0 Å².